The van der Waals surface area contributed by atoms with E-state index in [-0.39, 0.29) is 5.91 Å². The summed E-state index contributed by atoms with van der Waals surface area (Å²) in [6.07, 6.45) is 4.75. The molecule has 5 nitrogen and oxygen atoms in total. The van der Waals surface area contributed by atoms with Crippen LogP contribution >= 0.6 is 0 Å². The van der Waals surface area contributed by atoms with Gasteiger partial charge in [-0.25, -0.2) is 0 Å². The maximum absolute atomic E-state index is 11.3. The van der Waals surface area contributed by atoms with Crippen LogP contribution in [-0.2, 0) is 4.79 Å². The highest BCUT2D eigenvalue weighted by molar-refractivity contribution is 5.94. The third-order valence-corrected chi connectivity index (χ3v) is 1.70. The predicted molar refractivity (Wildman–Crippen MR) is 50.1 cm³/mol. The fraction of sp³-hybridized carbons (Fsp3) is 0.500. The number of anilines is 1. The number of rotatable bonds is 4. The third kappa shape index (κ3) is 2.87. The number of nitrogens with two attached hydrogens (primary N) is 1. The van der Waals surface area contributed by atoms with E-state index in [4.69, 9.17) is 5.73 Å². The second kappa shape index (κ2) is 4.61. The number of amides is 1. The SMILES string of the molecule is CCC[C@@H](N)C(=O)Nc1cn[nH]c1. The minimum atomic E-state index is -0.431. The first-order chi connectivity index (χ1) is 6.24. The lowest BCUT2D eigenvalue weighted by Crippen LogP contribution is -2.35. The number of hydrogen-bond acceptors (Lipinski definition) is 3. The van der Waals surface area contributed by atoms with E-state index in [1.807, 2.05) is 6.92 Å². The average molecular weight is 182 g/mol. The number of carbonyl (C=O) groups excluding carboxylic acids is 1. The van der Waals surface area contributed by atoms with Crippen molar-refractivity contribution < 1.29 is 4.79 Å². The molecule has 0 aromatic carbocycles. The molecule has 1 atom stereocenters. The first kappa shape index (κ1) is 9.73. The van der Waals surface area contributed by atoms with Crippen LogP contribution in [0.5, 0.6) is 0 Å². The Morgan fingerprint density at radius 2 is 2.62 bits per heavy atom. The zero-order chi connectivity index (χ0) is 9.68. The van der Waals surface area contributed by atoms with Crippen molar-refractivity contribution in [2.45, 2.75) is 25.8 Å². The van der Waals surface area contributed by atoms with Gasteiger partial charge in [-0.1, -0.05) is 13.3 Å². The summed E-state index contributed by atoms with van der Waals surface area (Å²) in [5.74, 6) is -0.164. The summed E-state index contributed by atoms with van der Waals surface area (Å²) in [5.41, 5.74) is 6.25. The van der Waals surface area contributed by atoms with Crippen LogP contribution in [0.2, 0.25) is 0 Å². The van der Waals surface area contributed by atoms with Gasteiger partial charge in [0.15, 0.2) is 0 Å². The van der Waals surface area contributed by atoms with Gasteiger partial charge in [0.1, 0.15) is 0 Å². The summed E-state index contributed by atoms with van der Waals surface area (Å²) >= 11 is 0. The van der Waals surface area contributed by atoms with Crippen LogP contribution in [-0.4, -0.2) is 22.1 Å². The van der Waals surface area contributed by atoms with Gasteiger partial charge >= 0.3 is 0 Å². The molecule has 13 heavy (non-hydrogen) atoms. The summed E-state index contributed by atoms with van der Waals surface area (Å²) in [7, 11) is 0. The first-order valence-electron chi connectivity index (χ1n) is 4.29. The van der Waals surface area contributed by atoms with Crippen molar-refractivity contribution in [1.29, 1.82) is 0 Å². The van der Waals surface area contributed by atoms with E-state index in [9.17, 15) is 4.79 Å². The zero-order valence-electron chi connectivity index (χ0n) is 7.58. The minimum absolute atomic E-state index is 0.164. The number of aromatic nitrogens is 2. The van der Waals surface area contributed by atoms with Crippen LogP contribution in [0.25, 0.3) is 0 Å². The number of aromatic amines is 1. The molecule has 0 aliphatic rings. The van der Waals surface area contributed by atoms with E-state index in [2.05, 4.69) is 15.5 Å². The number of nitrogens with zero attached hydrogens (tertiary/aromatic N) is 1. The zero-order valence-corrected chi connectivity index (χ0v) is 7.58. The van der Waals surface area contributed by atoms with Gasteiger partial charge < -0.3 is 11.1 Å². The van der Waals surface area contributed by atoms with E-state index in [0.29, 0.717) is 12.1 Å². The Kier molecular flexibility index (Phi) is 3.45. The molecule has 4 N–H and O–H groups in total. The lowest BCUT2D eigenvalue weighted by molar-refractivity contribution is -0.117. The summed E-state index contributed by atoms with van der Waals surface area (Å²) in [6.45, 7) is 1.99. The van der Waals surface area contributed by atoms with Gasteiger partial charge in [-0.15, -0.1) is 0 Å². The molecule has 1 aromatic rings. The lowest BCUT2D eigenvalue weighted by Gasteiger charge is -2.08. The van der Waals surface area contributed by atoms with Crippen molar-refractivity contribution in [1.82, 2.24) is 10.2 Å². The monoisotopic (exact) mass is 182 g/mol. The standard InChI is InChI=1S/C8H14N4O/c1-2-3-7(9)8(13)12-6-4-10-11-5-6/h4-5,7H,2-3,9H2,1H3,(H,10,11)(H,12,13)/t7-/m1/s1. The first-order valence-corrected chi connectivity index (χ1v) is 4.29. The van der Waals surface area contributed by atoms with Gasteiger partial charge in [0.25, 0.3) is 0 Å². The van der Waals surface area contributed by atoms with Gasteiger partial charge in [-0.3, -0.25) is 9.89 Å². The van der Waals surface area contributed by atoms with E-state index < -0.39 is 6.04 Å². The molecule has 5 heteroatoms. The van der Waals surface area contributed by atoms with Gasteiger partial charge in [0, 0.05) is 6.20 Å². The largest absolute Gasteiger partial charge is 0.322 e. The molecule has 0 bridgehead atoms. The fourth-order valence-electron chi connectivity index (χ4n) is 0.996. The van der Waals surface area contributed by atoms with Crippen molar-refractivity contribution in [2.24, 2.45) is 5.73 Å². The molecule has 0 unspecified atom stereocenters. The molecule has 72 valence electrons. The molecule has 0 fully saturated rings. The number of nitrogens with one attached hydrogen (secondary N) is 2. The van der Waals surface area contributed by atoms with Crippen molar-refractivity contribution >= 4 is 11.6 Å². The number of carbonyl (C=O) groups is 1. The normalized spacial score (nSPS) is 12.5. The van der Waals surface area contributed by atoms with Crippen molar-refractivity contribution in [3.63, 3.8) is 0 Å². The topological polar surface area (TPSA) is 83.8 Å². The Balaban J connectivity index is 2.41. The Hall–Kier alpha value is -1.36. The van der Waals surface area contributed by atoms with Gasteiger partial charge in [-0.05, 0) is 6.42 Å². The van der Waals surface area contributed by atoms with E-state index in [1.165, 1.54) is 6.20 Å². The maximum Gasteiger partial charge on any atom is 0.241 e. The molecule has 0 saturated carbocycles. The Morgan fingerprint density at radius 3 is 3.15 bits per heavy atom. The van der Waals surface area contributed by atoms with Gasteiger partial charge in [-0.2, -0.15) is 5.10 Å². The van der Waals surface area contributed by atoms with Gasteiger partial charge in [0.05, 0.1) is 17.9 Å². The van der Waals surface area contributed by atoms with Gasteiger partial charge in [0.2, 0.25) is 5.91 Å². The summed E-state index contributed by atoms with van der Waals surface area (Å²) in [4.78, 5) is 11.3. The van der Waals surface area contributed by atoms with E-state index in [0.717, 1.165) is 6.42 Å². The van der Waals surface area contributed by atoms with Crippen LogP contribution in [0.3, 0.4) is 0 Å². The van der Waals surface area contributed by atoms with Crippen molar-refractivity contribution in [3.05, 3.63) is 12.4 Å². The van der Waals surface area contributed by atoms with Crippen LogP contribution in [0.15, 0.2) is 12.4 Å². The second-order valence-corrected chi connectivity index (χ2v) is 2.87. The molecule has 0 aliphatic carbocycles. The number of hydrogen-bond donors (Lipinski definition) is 3. The quantitative estimate of drug-likeness (QED) is 0.633. The highest BCUT2D eigenvalue weighted by Crippen LogP contribution is 2.03. The van der Waals surface area contributed by atoms with E-state index in [1.54, 1.807) is 6.20 Å². The summed E-state index contributed by atoms with van der Waals surface area (Å²) in [6, 6.07) is -0.431. The second-order valence-electron chi connectivity index (χ2n) is 2.87. The average Bonchev–Trinajstić information content (AvgIpc) is 2.57. The van der Waals surface area contributed by atoms with Crippen LogP contribution in [0, 0.1) is 0 Å². The Labute approximate surface area is 76.7 Å². The van der Waals surface area contributed by atoms with Crippen LogP contribution < -0.4 is 11.1 Å². The van der Waals surface area contributed by atoms with Crippen molar-refractivity contribution in [3.8, 4) is 0 Å². The minimum Gasteiger partial charge on any atom is -0.322 e. The summed E-state index contributed by atoms with van der Waals surface area (Å²) < 4.78 is 0. The highest BCUT2D eigenvalue weighted by Gasteiger charge is 2.12. The molecule has 0 radical (unpaired) electrons. The Morgan fingerprint density at radius 1 is 1.85 bits per heavy atom. The molecule has 1 heterocycles. The van der Waals surface area contributed by atoms with Crippen LogP contribution in [0.1, 0.15) is 19.8 Å². The highest BCUT2D eigenvalue weighted by atomic mass is 16.2. The van der Waals surface area contributed by atoms with Crippen molar-refractivity contribution in [2.75, 3.05) is 5.32 Å². The lowest BCUT2D eigenvalue weighted by atomic mass is 10.2. The molecular weight excluding hydrogens is 168 g/mol. The number of H-pyrrole nitrogens is 1. The predicted octanol–water partition coefficient (Wildman–Crippen LogP) is 0.476. The third-order valence-electron chi connectivity index (χ3n) is 1.70. The summed E-state index contributed by atoms with van der Waals surface area (Å²) in [5, 5.41) is 8.95. The maximum atomic E-state index is 11.3. The molecule has 0 saturated heterocycles. The molecule has 0 aliphatic heterocycles. The molecule has 0 spiro atoms. The Bertz CT molecular complexity index is 257. The molecule has 1 aromatic heterocycles. The van der Waals surface area contributed by atoms with Crippen LogP contribution in [0.4, 0.5) is 5.69 Å². The fourth-order valence-corrected chi connectivity index (χ4v) is 0.996. The molecule has 1 rings (SSSR count). The smallest absolute Gasteiger partial charge is 0.241 e. The molecule has 1 amide bonds. The molecular formula is C8H14N4O. The van der Waals surface area contributed by atoms with E-state index >= 15 is 0 Å².